The van der Waals surface area contributed by atoms with Crippen LogP contribution in [-0.2, 0) is 14.3 Å². The Bertz CT molecular complexity index is 1310. The summed E-state index contributed by atoms with van der Waals surface area (Å²) >= 11 is 3.42. The fourth-order valence-corrected chi connectivity index (χ4v) is 6.22. The minimum Gasteiger partial charge on any atom is -0.497 e. The molecule has 0 bridgehead atoms. The van der Waals surface area contributed by atoms with Gasteiger partial charge in [0.25, 0.3) is 0 Å². The molecule has 1 aliphatic heterocycles. The molecule has 1 aromatic carbocycles. The van der Waals surface area contributed by atoms with Gasteiger partial charge in [0.15, 0.2) is 0 Å². The molecule has 2 aromatic rings. The predicted octanol–water partition coefficient (Wildman–Crippen LogP) is 5.72. The normalized spacial score (nSPS) is 20.1. The lowest BCUT2D eigenvalue weighted by atomic mass is 9.83. The molecule has 4 rings (SSSR count). The van der Waals surface area contributed by atoms with Gasteiger partial charge in [-0.25, -0.2) is 14.6 Å². The van der Waals surface area contributed by atoms with Gasteiger partial charge < -0.3 is 29.5 Å². The number of carbonyl (C=O) groups excluding carboxylic acids is 2. The Kier molecular flexibility index (Phi) is 10.3. The molecule has 0 unspecified atom stereocenters. The fourth-order valence-electron chi connectivity index (χ4n) is 5.81. The van der Waals surface area contributed by atoms with Gasteiger partial charge in [-0.3, -0.25) is 4.79 Å². The second-order valence-corrected chi connectivity index (χ2v) is 12.7. The highest BCUT2D eigenvalue weighted by Crippen LogP contribution is 2.34. The Morgan fingerprint density at radius 2 is 1.98 bits per heavy atom. The van der Waals surface area contributed by atoms with Gasteiger partial charge in [0.1, 0.15) is 28.5 Å². The number of likely N-dealkylation sites (tertiary alicyclic amines) is 1. The Morgan fingerprint density at radius 3 is 2.64 bits per heavy atom. The van der Waals surface area contributed by atoms with Crippen molar-refractivity contribution < 1.29 is 33.7 Å². The van der Waals surface area contributed by atoms with Crippen LogP contribution in [0, 0.1) is 11.3 Å². The number of methoxy groups -OCH3 is 1. The first-order valence-electron chi connectivity index (χ1n) is 14.4. The van der Waals surface area contributed by atoms with Crippen molar-refractivity contribution in [1.29, 1.82) is 0 Å². The lowest BCUT2D eigenvalue weighted by molar-refractivity contribution is -0.149. The maximum atomic E-state index is 14.0. The van der Waals surface area contributed by atoms with Crippen LogP contribution < -0.4 is 14.8 Å². The van der Waals surface area contributed by atoms with Crippen molar-refractivity contribution in [1.82, 2.24) is 15.2 Å². The number of hydrogen-bond donors (Lipinski definition) is 2. The largest absolute Gasteiger partial charge is 0.497 e. The maximum Gasteiger partial charge on any atom is 0.407 e. The molecule has 228 valence electrons. The van der Waals surface area contributed by atoms with Crippen LogP contribution in [0.15, 0.2) is 41.5 Å². The molecule has 1 saturated heterocycles. The minimum absolute atomic E-state index is 0.0496. The summed E-state index contributed by atoms with van der Waals surface area (Å²) in [7, 11) is 1.59. The molecule has 2 aliphatic rings. The highest BCUT2D eigenvalue weighted by molar-refractivity contribution is 9.10. The van der Waals surface area contributed by atoms with Gasteiger partial charge in [0.2, 0.25) is 11.8 Å². The van der Waals surface area contributed by atoms with Crippen LogP contribution in [0.3, 0.4) is 0 Å². The van der Waals surface area contributed by atoms with Gasteiger partial charge in [0.05, 0.1) is 20.3 Å². The molecule has 10 nitrogen and oxygen atoms in total. The first kappa shape index (κ1) is 31.6. The number of benzene rings is 1. The van der Waals surface area contributed by atoms with Crippen LogP contribution in [0.1, 0.15) is 58.8 Å². The summed E-state index contributed by atoms with van der Waals surface area (Å²) < 4.78 is 17.6. The number of pyridine rings is 1. The lowest BCUT2D eigenvalue weighted by Gasteiger charge is -2.34. The SMILES string of the molecule is C=CCC(C)(C)COC(=O)N[C@H](C(=O)N1C[C@H](Oc2nc(Br)cc3cc(OC)ccc23)C[C@H]1C(=O)O)C1CCCCC1. The zero-order valence-corrected chi connectivity index (χ0v) is 26.0. The summed E-state index contributed by atoms with van der Waals surface area (Å²) in [5, 5.41) is 14.5. The number of nitrogens with zero attached hydrogens (tertiary/aromatic N) is 2. The number of ether oxygens (including phenoxy) is 3. The van der Waals surface area contributed by atoms with Gasteiger partial charge in [-0.15, -0.1) is 6.58 Å². The monoisotopic (exact) mass is 645 g/mol. The number of carboxylic acid groups (broad SMARTS) is 1. The number of carbonyl (C=O) groups is 3. The molecule has 1 saturated carbocycles. The molecular formula is C31H40BrN3O7. The van der Waals surface area contributed by atoms with Crippen molar-refractivity contribution in [2.75, 3.05) is 20.3 Å². The van der Waals surface area contributed by atoms with E-state index in [1.165, 1.54) is 4.90 Å². The molecule has 1 aliphatic carbocycles. The average Bonchev–Trinajstić information content (AvgIpc) is 3.38. The predicted molar refractivity (Wildman–Crippen MR) is 162 cm³/mol. The van der Waals surface area contributed by atoms with Gasteiger partial charge in [-0.05, 0) is 70.8 Å². The summed E-state index contributed by atoms with van der Waals surface area (Å²) in [6, 6.07) is 5.34. The number of aromatic nitrogens is 1. The molecule has 3 atom stereocenters. The lowest BCUT2D eigenvalue weighted by Crippen LogP contribution is -2.55. The van der Waals surface area contributed by atoms with Crippen LogP contribution in [0.25, 0.3) is 10.8 Å². The topological polar surface area (TPSA) is 127 Å². The summed E-state index contributed by atoms with van der Waals surface area (Å²) in [5.41, 5.74) is -0.298. The van der Waals surface area contributed by atoms with Crippen molar-refractivity contribution in [2.24, 2.45) is 11.3 Å². The molecule has 0 radical (unpaired) electrons. The van der Waals surface area contributed by atoms with E-state index in [1.807, 2.05) is 32.0 Å². The minimum atomic E-state index is -1.12. The van der Waals surface area contributed by atoms with Crippen LogP contribution in [0.2, 0.25) is 0 Å². The molecule has 2 amide bonds. The van der Waals surface area contributed by atoms with Gasteiger partial charge in [-0.1, -0.05) is 39.2 Å². The molecule has 2 N–H and O–H groups in total. The van der Waals surface area contributed by atoms with E-state index in [2.05, 4.69) is 32.8 Å². The third-order valence-electron chi connectivity index (χ3n) is 8.03. The zero-order valence-electron chi connectivity index (χ0n) is 24.4. The van der Waals surface area contributed by atoms with Crippen molar-refractivity contribution in [3.63, 3.8) is 0 Å². The van der Waals surface area contributed by atoms with Crippen molar-refractivity contribution >= 4 is 44.7 Å². The quantitative estimate of drug-likeness (QED) is 0.235. The second kappa shape index (κ2) is 13.8. The Balaban J connectivity index is 1.53. The summed E-state index contributed by atoms with van der Waals surface area (Å²) in [6.45, 7) is 7.89. The molecule has 1 aromatic heterocycles. The number of allylic oxidation sites excluding steroid dienone is 1. The van der Waals surface area contributed by atoms with E-state index in [0.717, 1.165) is 42.9 Å². The van der Waals surface area contributed by atoms with Gasteiger partial charge in [-0.2, -0.15) is 0 Å². The summed E-state index contributed by atoms with van der Waals surface area (Å²) in [6.07, 6.45) is 5.71. The first-order chi connectivity index (χ1) is 20.0. The third-order valence-corrected chi connectivity index (χ3v) is 8.44. The Morgan fingerprint density at radius 1 is 1.24 bits per heavy atom. The number of alkyl carbamates (subject to hydrolysis) is 1. The molecule has 42 heavy (non-hydrogen) atoms. The first-order valence-corrected chi connectivity index (χ1v) is 15.2. The molecule has 2 heterocycles. The maximum absolute atomic E-state index is 14.0. The number of halogens is 1. The number of amides is 2. The number of hydrogen-bond acceptors (Lipinski definition) is 7. The van der Waals surface area contributed by atoms with E-state index in [0.29, 0.717) is 22.7 Å². The number of fused-ring (bicyclic) bond motifs is 1. The van der Waals surface area contributed by atoms with E-state index >= 15 is 0 Å². The van der Waals surface area contributed by atoms with Crippen molar-refractivity contribution in [2.45, 2.75) is 77.0 Å². The fraction of sp³-hybridized carbons (Fsp3) is 0.548. The zero-order chi connectivity index (χ0) is 30.4. The van der Waals surface area contributed by atoms with Gasteiger partial charge >= 0.3 is 12.1 Å². The van der Waals surface area contributed by atoms with E-state index in [1.54, 1.807) is 19.3 Å². The van der Waals surface area contributed by atoms with Gasteiger partial charge in [0, 0.05) is 17.2 Å². The third kappa shape index (κ3) is 7.73. The van der Waals surface area contributed by atoms with E-state index in [9.17, 15) is 19.5 Å². The number of aliphatic carboxylic acids is 1. The van der Waals surface area contributed by atoms with E-state index in [-0.39, 0.29) is 30.9 Å². The molecule has 2 fully saturated rings. The van der Waals surface area contributed by atoms with Crippen LogP contribution in [0.5, 0.6) is 11.6 Å². The standard InChI is InChI=1S/C31H40BrN3O7/c1-5-13-31(2,3)18-41-30(39)34-26(19-9-7-6-8-10-19)28(36)35-17-22(16-24(35)29(37)38)42-27-23-12-11-21(40-4)14-20(23)15-25(32)33-27/h5,11-12,14-15,19,22,24,26H,1,6-10,13,16-18H2,2-4H3,(H,34,39)(H,37,38)/t22-,24+,26+/m1/s1. The average molecular weight is 647 g/mol. The van der Waals surface area contributed by atoms with Crippen LogP contribution in [0.4, 0.5) is 4.79 Å². The van der Waals surface area contributed by atoms with Crippen LogP contribution >= 0.6 is 15.9 Å². The van der Waals surface area contributed by atoms with Crippen molar-refractivity contribution in [3.05, 3.63) is 41.5 Å². The van der Waals surface area contributed by atoms with E-state index < -0.39 is 36.2 Å². The number of carboxylic acids is 1. The Labute approximate surface area is 254 Å². The summed E-state index contributed by atoms with van der Waals surface area (Å²) in [5.74, 6) is -0.653. The summed E-state index contributed by atoms with van der Waals surface area (Å²) in [4.78, 5) is 45.1. The van der Waals surface area contributed by atoms with Crippen molar-refractivity contribution in [3.8, 4) is 11.6 Å². The Hall–Kier alpha value is -3.34. The smallest absolute Gasteiger partial charge is 0.407 e. The highest BCUT2D eigenvalue weighted by Gasteiger charge is 2.45. The molecule has 0 spiro atoms. The molecule has 11 heteroatoms. The second-order valence-electron chi connectivity index (χ2n) is 11.9. The van der Waals surface area contributed by atoms with E-state index in [4.69, 9.17) is 14.2 Å². The van der Waals surface area contributed by atoms with Crippen LogP contribution in [-0.4, -0.2) is 71.4 Å². The number of rotatable bonds is 11. The number of nitrogens with one attached hydrogen (secondary N) is 1. The molecular weight excluding hydrogens is 606 g/mol. The highest BCUT2D eigenvalue weighted by atomic mass is 79.9.